The van der Waals surface area contributed by atoms with Crippen LogP contribution in [0.2, 0.25) is 0 Å². The molecule has 3 nitrogen and oxygen atoms in total. The third-order valence-electron chi connectivity index (χ3n) is 2.63. The third kappa shape index (κ3) is 3.54. The van der Waals surface area contributed by atoms with Gasteiger partial charge in [-0.1, -0.05) is 12.1 Å². The van der Waals surface area contributed by atoms with Crippen LogP contribution >= 0.6 is 15.9 Å². The molecule has 0 radical (unpaired) electrons. The van der Waals surface area contributed by atoms with Crippen molar-refractivity contribution < 1.29 is 9.18 Å². The Balaban J connectivity index is 2.01. The maximum atomic E-state index is 12.7. The minimum absolute atomic E-state index is 0.204. The van der Waals surface area contributed by atoms with E-state index in [0.717, 1.165) is 5.56 Å². The molecule has 2 aromatic rings. The van der Waals surface area contributed by atoms with E-state index >= 15 is 0 Å². The van der Waals surface area contributed by atoms with Crippen molar-refractivity contribution >= 4 is 27.5 Å². The summed E-state index contributed by atoms with van der Waals surface area (Å²) in [5.74, 6) is -0.498. The first-order valence-electron chi connectivity index (χ1n) is 5.64. The van der Waals surface area contributed by atoms with E-state index in [2.05, 4.69) is 21.2 Å². The number of carbonyl (C=O) groups is 1. The quantitative estimate of drug-likeness (QED) is 0.853. The van der Waals surface area contributed by atoms with E-state index in [0.29, 0.717) is 22.3 Å². The van der Waals surface area contributed by atoms with E-state index in [9.17, 15) is 9.18 Å². The first kappa shape index (κ1) is 13.5. The van der Waals surface area contributed by atoms with Gasteiger partial charge in [-0.25, -0.2) is 4.39 Å². The molecule has 0 aromatic heterocycles. The summed E-state index contributed by atoms with van der Waals surface area (Å²) >= 11 is 3.27. The molecular weight excluding hydrogens is 311 g/mol. The lowest BCUT2D eigenvalue weighted by Crippen LogP contribution is -2.22. The van der Waals surface area contributed by atoms with Crippen LogP contribution in [0.1, 0.15) is 15.9 Å². The number of amides is 1. The van der Waals surface area contributed by atoms with E-state index in [1.165, 1.54) is 12.1 Å². The molecule has 0 bridgehead atoms. The van der Waals surface area contributed by atoms with E-state index in [-0.39, 0.29) is 11.7 Å². The second-order valence-corrected chi connectivity index (χ2v) is 4.90. The number of rotatable bonds is 3. The van der Waals surface area contributed by atoms with Gasteiger partial charge in [0.1, 0.15) is 5.82 Å². The van der Waals surface area contributed by atoms with Crippen LogP contribution in [-0.2, 0) is 6.54 Å². The zero-order valence-corrected chi connectivity index (χ0v) is 11.6. The van der Waals surface area contributed by atoms with Crippen molar-refractivity contribution in [3.8, 4) is 0 Å². The Morgan fingerprint density at radius 3 is 2.53 bits per heavy atom. The molecule has 0 spiro atoms. The molecule has 3 N–H and O–H groups in total. The van der Waals surface area contributed by atoms with E-state index < -0.39 is 0 Å². The van der Waals surface area contributed by atoms with Crippen LogP contribution in [-0.4, -0.2) is 5.91 Å². The van der Waals surface area contributed by atoms with Gasteiger partial charge in [-0.05, 0) is 51.8 Å². The number of nitrogens with two attached hydrogens (primary N) is 1. The number of anilines is 1. The second kappa shape index (κ2) is 5.84. The predicted octanol–water partition coefficient (Wildman–Crippen LogP) is 3.10. The summed E-state index contributed by atoms with van der Waals surface area (Å²) in [6.07, 6.45) is 0. The van der Waals surface area contributed by atoms with Gasteiger partial charge < -0.3 is 11.1 Å². The minimum Gasteiger partial charge on any atom is -0.398 e. The fraction of sp³-hybridized carbons (Fsp3) is 0.0714. The summed E-state index contributed by atoms with van der Waals surface area (Å²) in [6.45, 7) is 0.348. The fourth-order valence-corrected chi connectivity index (χ4v) is 1.93. The highest BCUT2D eigenvalue weighted by atomic mass is 79.9. The Labute approximate surface area is 118 Å². The van der Waals surface area contributed by atoms with Gasteiger partial charge in [-0.2, -0.15) is 0 Å². The van der Waals surface area contributed by atoms with Gasteiger partial charge in [0, 0.05) is 22.3 Å². The lowest BCUT2D eigenvalue weighted by atomic mass is 10.2. The smallest absolute Gasteiger partial charge is 0.251 e. The minimum atomic E-state index is -0.294. The first-order chi connectivity index (χ1) is 9.06. The highest BCUT2D eigenvalue weighted by Gasteiger charge is 2.07. The van der Waals surface area contributed by atoms with E-state index in [4.69, 9.17) is 5.73 Å². The number of carbonyl (C=O) groups excluding carboxylic acids is 1. The average molecular weight is 323 g/mol. The Morgan fingerprint density at radius 1 is 1.21 bits per heavy atom. The molecule has 2 rings (SSSR count). The Morgan fingerprint density at radius 2 is 1.89 bits per heavy atom. The van der Waals surface area contributed by atoms with Crippen molar-refractivity contribution in [2.45, 2.75) is 6.54 Å². The second-order valence-electron chi connectivity index (χ2n) is 4.05. The summed E-state index contributed by atoms with van der Waals surface area (Å²) in [4.78, 5) is 11.9. The Hall–Kier alpha value is -1.88. The molecule has 0 atom stereocenters. The summed E-state index contributed by atoms with van der Waals surface area (Å²) in [5.41, 5.74) is 7.59. The van der Waals surface area contributed by atoms with Crippen molar-refractivity contribution in [1.29, 1.82) is 0 Å². The SMILES string of the molecule is Nc1ccc(C(=O)NCc2ccc(F)cc2)cc1Br. The van der Waals surface area contributed by atoms with Gasteiger partial charge in [0.05, 0.1) is 0 Å². The molecule has 0 aliphatic carbocycles. The van der Waals surface area contributed by atoms with Crippen molar-refractivity contribution in [3.05, 3.63) is 63.9 Å². The van der Waals surface area contributed by atoms with Gasteiger partial charge in [0.2, 0.25) is 0 Å². The first-order valence-corrected chi connectivity index (χ1v) is 6.43. The molecular formula is C14H12BrFN2O. The molecule has 0 fully saturated rings. The van der Waals surface area contributed by atoms with Gasteiger partial charge in [0.25, 0.3) is 5.91 Å². The summed E-state index contributed by atoms with van der Waals surface area (Å²) in [6, 6.07) is 11.0. The van der Waals surface area contributed by atoms with E-state index in [1.54, 1.807) is 30.3 Å². The monoisotopic (exact) mass is 322 g/mol. The van der Waals surface area contributed by atoms with Gasteiger partial charge in [-0.15, -0.1) is 0 Å². The molecule has 0 saturated carbocycles. The molecule has 0 heterocycles. The Kier molecular flexibility index (Phi) is 4.16. The van der Waals surface area contributed by atoms with Crippen molar-refractivity contribution in [2.24, 2.45) is 0 Å². The number of hydrogen-bond donors (Lipinski definition) is 2. The third-order valence-corrected chi connectivity index (χ3v) is 3.32. The van der Waals surface area contributed by atoms with Crippen molar-refractivity contribution in [2.75, 3.05) is 5.73 Å². The van der Waals surface area contributed by atoms with Crippen LogP contribution in [0.3, 0.4) is 0 Å². The molecule has 98 valence electrons. The normalized spacial score (nSPS) is 10.2. The molecule has 1 amide bonds. The van der Waals surface area contributed by atoms with Crippen LogP contribution in [0.25, 0.3) is 0 Å². The lowest BCUT2D eigenvalue weighted by molar-refractivity contribution is 0.0951. The van der Waals surface area contributed by atoms with Crippen LogP contribution in [0.4, 0.5) is 10.1 Å². The molecule has 0 aliphatic heterocycles. The highest BCUT2D eigenvalue weighted by molar-refractivity contribution is 9.10. The zero-order chi connectivity index (χ0) is 13.8. The maximum absolute atomic E-state index is 12.7. The molecule has 2 aromatic carbocycles. The van der Waals surface area contributed by atoms with Gasteiger partial charge in [0.15, 0.2) is 0 Å². The fourth-order valence-electron chi connectivity index (χ4n) is 1.56. The van der Waals surface area contributed by atoms with Crippen LogP contribution in [0, 0.1) is 5.82 Å². The van der Waals surface area contributed by atoms with Crippen LogP contribution < -0.4 is 11.1 Å². The summed E-state index contributed by atoms with van der Waals surface area (Å²) in [7, 11) is 0. The molecule has 0 unspecified atom stereocenters. The van der Waals surface area contributed by atoms with Crippen molar-refractivity contribution in [3.63, 3.8) is 0 Å². The Bertz CT molecular complexity index is 599. The number of hydrogen-bond acceptors (Lipinski definition) is 2. The molecule has 0 saturated heterocycles. The largest absolute Gasteiger partial charge is 0.398 e. The standard InChI is InChI=1S/C14H12BrFN2O/c15-12-7-10(3-6-13(12)17)14(19)18-8-9-1-4-11(16)5-2-9/h1-7H,8,17H2,(H,18,19). The van der Waals surface area contributed by atoms with Gasteiger partial charge >= 0.3 is 0 Å². The van der Waals surface area contributed by atoms with E-state index in [1.807, 2.05) is 0 Å². The number of nitrogens with one attached hydrogen (secondary N) is 1. The molecule has 5 heteroatoms. The van der Waals surface area contributed by atoms with Crippen LogP contribution in [0.15, 0.2) is 46.9 Å². The number of benzene rings is 2. The van der Waals surface area contributed by atoms with Gasteiger partial charge in [-0.3, -0.25) is 4.79 Å². The maximum Gasteiger partial charge on any atom is 0.251 e. The van der Waals surface area contributed by atoms with Crippen molar-refractivity contribution in [1.82, 2.24) is 5.32 Å². The summed E-state index contributed by atoms with van der Waals surface area (Å²) < 4.78 is 13.4. The molecule has 0 aliphatic rings. The number of nitrogen functional groups attached to an aromatic ring is 1. The zero-order valence-electron chi connectivity index (χ0n) is 9.99. The highest BCUT2D eigenvalue weighted by Crippen LogP contribution is 2.20. The number of halogens is 2. The predicted molar refractivity (Wildman–Crippen MR) is 76.1 cm³/mol. The lowest BCUT2D eigenvalue weighted by Gasteiger charge is -2.06. The average Bonchev–Trinajstić information content (AvgIpc) is 2.41. The molecule has 19 heavy (non-hydrogen) atoms. The topological polar surface area (TPSA) is 55.1 Å². The summed E-state index contributed by atoms with van der Waals surface area (Å²) in [5, 5.41) is 2.76. The van der Waals surface area contributed by atoms with Crippen LogP contribution in [0.5, 0.6) is 0 Å².